The van der Waals surface area contributed by atoms with Gasteiger partial charge in [0.1, 0.15) is 0 Å². The maximum atomic E-state index is 11.9. The molecule has 2 aliphatic rings. The standard InChI is InChI=1S/C12H22N2O.ClH/c1-13-8-11-5-6-14(9-11)12(15)7-10-3-2-4-10;/h10-11,13H,2-9H2,1H3;1H. The van der Waals surface area contributed by atoms with Gasteiger partial charge in [0.05, 0.1) is 0 Å². The van der Waals surface area contributed by atoms with Gasteiger partial charge in [-0.2, -0.15) is 0 Å². The number of carbonyl (C=O) groups excluding carboxylic acids is 1. The number of rotatable bonds is 4. The van der Waals surface area contributed by atoms with E-state index in [1.165, 1.54) is 25.7 Å². The molecular weight excluding hydrogens is 224 g/mol. The topological polar surface area (TPSA) is 32.3 Å². The minimum Gasteiger partial charge on any atom is -0.342 e. The Bertz CT molecular complexity index is 231. The van der Waals surface area contributed by atoms with Crippen molar-refractivity contribution >= 4 is 18.3 Å². The highest BCUT2D eigenvalue weighted by Crippen LogP contribution is 2.30. The summed E-state index contributed by atoms with van der Waals surface area (Å²) in [5.74, 6) is 1.79. The summed E-state index contributed by atoms with van der Waals surface area (Å²) < 4.78 is 0. The van der Waals surface area contributed by atoms with Gasteiger partial charge in [0.15, 0.2) is 0 Å². The maximum Gasteiger partial charge on any atom is 0.222 e. The zero-order chi connectivity index (χ0) is 10.7. The summed E-state index contributed by atoms with van der Waals surface area (Å²) in [5, 5.41) is 3.19. The molecule has 0 spiro atoms. The first-order valence-corrected chi connectivity index (χ1v) is 6.22. The number of nitrogens with one attached hydrogen (secondary N) is 1. The first-order chi connectivity index (χ1) is 7.29. The molecule has 4 heteroatoms. The molecule has 2 rings (SSSR count). The molecule has 16 heavy (non-hydrogen) atoms. The first-order valence-electron chi connectivity index (χ1n) is 6.22. The van der Waals surface area contributed by atoms with Crippen LogP contribution in [0.1, 0.15) is 32.1 Å². The smallest absolute Gasteiger partial charge is 0.222 e. The van der Waals surface area contributed by atoms with Crippen LogP contribution >= 0.6 is 12.4 Å². The van der Waals surface area contributed by atoms with E-state index in [2.05, 4.69) is 10.2 Å². The third kappa shape index (κ3) is 3.36. The van der Waals surface area contributed by atoms with Crippen LogP contribution in [0.15, 0.2) is 0 Å². The Hall–Kier alpha value is -0.280. The Kier molecular flexibility index (Phi) is 5.56. The van der Waals surface area contributed by atoms with Gasteiger partial charge in [0.25, 0.3) is 0 Å². The molecule has 1 unspecified atom stereocenters. The Morgan fingerprint density at radius 1 is 1.31 bits per heavy atom. The van der Waals surface area contributed by atoms with Crippen LogP contribution in [-0.4, -0.2) is 37.5 Å². The van der Waals surface area contributed by atoms with E-state index in [0.717, 1.165) is 26.1 Å². The van der Waals surface area contributed by atoms with E-state index in [-0.39, 0.29) is 12.4 Å². The average molecular weight is 247 g/mol. The predicted octanol–water partition coefficient (Wildman–Crippen LogP) is 1.67. The normalized spacial score (nSPS) is 25.1. The summed E-state index contributed by atoms with van der Waals surface area (Å²) in [7, 11) is 1.98. The van der Waals surface area contributed by atoms with Crippen LogP contribution < -0.4 is 5.32 Å². The lowest BCUT2D eigenvalue weighted by atomic mass is 9.83. The Balaban J connectivity index is 0.00000128. The van der Waals surface area contributed by atoms with Gasteiger partial charge in [-0.05, 0) is 44.7 Å². The molecule has 1 saturated heterocycles. The lowest BCUT2D eigenvalue weighted by Gasteiger charge is -2.27. The van der Waals surface area contributed by atoms with Gasteiger partial charge >= 0.3 is 0 Å². The number of hydrogen-bond donors (Lipinski definition) is 1. The van der Waals surface area contributed by atoms with E-state index in [1.807, 2.05) is 7.05 Å². The molecule has 0 aromatic heterocycles. The molecule has 3 nitrogen and oxygen atoms in total. The second kappa shape index (κ2) is 6.45. The fourth-order valence-corrected chi connectivity index (χ4v) is 2.59. The molecule has 0 radical (unpaired) electrons. The van der Waals surface area contributed by atoms with Gasteiger partial charge in [0.2, 0.25) is 5.91 Å². The highest BCUT2D eigenvalue weighted by Gasteiger charge is 2.28. The minimum atomic E-state index is 0. The number of amides is 1. The quantitative estimate of drug-likeness (QED) is 0.819. The van der Waals surface area contributed by atoms with E-state index in [0.29, 0.717) is 17.7 Å². The van der Waals surface area contributed by atoms with Crippen molar-refractivity contribution in [1.82, 2.24) is 10.2 Å². The summed E-state index contributed by atoms with van der Waals surface area (Å²) in [6.07, 6.45) is 5.88. The molecule has 1 aliphatic carbocycles. The van der Waals surface area contributed by atoms with Gasteiger partial charge < -0.3 is 10.2 Å². The van der Waals surface area contributed by atoms with E-state index in [1.54, 1.807) is 0 Å². The summed E-state index contributed by atoms with van der Waals surface area (Å²) in [5.41, 5.74) is 0. The van der Waals surface area contributed by atoms with Crippen molar-refractivity contribution in [2.45, 2.75) is 32.1 Å². The van der Waals surface area contributed by atoms with Crippen molar-refractivity contribution in [3.63, 3.8) is 0 Å². The van der Waals surface area contributed by atoms with Crippen LogP contribution in [-0.2, 0) is 4.79 Å². The second-order valence-corrected chi connectivity index (χ2v) is 5.05. The van der Waals surface area contributed by atoms with Crippen molar-refractivity contribution < 1.29 is 4.79 Å². The van der Waals surface area contributed by atoms with Crippen LogP contribution in [0.2, 0.25) is 0 Å². The molecule has 0 aromatic carbocycles. The molecule has 0 bridgehead atoms. The summed E-state index contributed by atoms with van der Waals surface area (Å²) in [4.78, 5) is 14.0. The lowest BCUT2D eigenvalue weighted by molar-refractivity contribution is -0.131. The van der Waals surface area contributed by atoms with Gasteiger partial charge in [-0.3, -0.25) is 4.79 Å². The van der Waals surface area contributed by atoms with Crippen molar-refractivity contribution in [2.75, 3.05) is 26.7 Å². The first kappa shape index (κ1) is 13.8. The van der Waals surface area contributed by atoms with Crippen molar-refractivity contribution in [2.24, 2.45) is 11.8 Å². The minimum absolute atomic E-state index is 0. The van der Waals surface area contributed by atoms with Crippen LogP contribution in [0.4, 0.5) is 0 Å². The Morgan fingerprint density at radius 3 is 2.62 bits per heavy atom. The number of halogens is 1. The number of hydrogen-bond acceptors (Lipinski definition) is 2. The fraction of sp³-hybridized carbons (Fsp3) is 0.917. The molecule has 2 fully saturated rings. The SMILES string of the molecule is CNCC1CCN(C(=O)CC2CCC2)C1.Cl. The second-order valence-electron chi connectivity index (χ2n) is 5.05. The van der Waals surface area contributed by atoms with Crippen molar-refractivity contribution in [3.05, 3.63) is 0 Å². The molecule has 0 aromatic rings. The van der Waals surface area contributed by atoms with Crippen LogP contribution in [0.3, 0.4) is 0 Å². The molecule has 1 saturated carbocycles. The molecule has 1 aliphatic heterocycles. The third-order valence-corrected chi connectivity index (χ3v) is 3.82. The van der Waals surface area contributed by atoms with Crippen LogP contribution in [0, 0.1) is 11.8 Å². The van der Waals surface area contributed by atoms with Gasteiger partial charge in [-0.15, -0.1) is 12.4 Å². The van der Waals surface area contributed by atoms with Gasteiger partial charge in [-0.25, -0.2) is 0 Å². The summed E-state index contributed by atoms with van der Waals surface area (Å²) >= 11 is 0. The average Bonchev–Trinajstić information content (AvgIpc) is 2.60. The highest BCUT2D eigenvalue weighted by molar-refractivity contribution is 5.85. The third-order valence-electron chi connectivity index (χ3n) is 3.82. The molecule has 1 N–H and O–H groups in total. The summed E-state index contributed by atoms with van der Waals surface area (Å²) in [6.45, 7) is 3.01. The Labute approximate surface area is 104 Å². The molecule has 1 amide bonds. The van der Waals surface area contributed by atoms with Crippen LogP contribution in [0.25, 0.3) is 0 Å². The maximum absolute atomic E-state index is 11.9. The lowest BCUT2D eigenvalue weighted by Crippen LogP contribution is -2.32. The number of likely N-dealkylation sites (tertiary alicyclic amines) is 1. The molecule has 94 valence electrons. The molecular formula is C12H23ClN2O. The fourth-order valence-electron chi connectivity index (χ4n) is 2.59. The number of nitrogens with zero attached hydrogens (tertiary/aromatic N) is 1. The summed E-state index contributed by atoms with van der Waals surface area (Å²) in [6, 6.07) is 0. The largest absolute Gasteiger partial charge is 0.342 e. The van der Waals surface area contributed by atoms with Crippen molar-refractivity contribution in [1.29, 1.82) is 0 Å². The Morgan fingerprint density at radius 2 is 2.06 bits per heavy atom. The van der Waals surface area contributed by atoms with E-state index >= 15 is 0 Å². The van der Waals surface area contributed by atoms with E-state index in [4.69, 9.17) is 0 Å². The number of carbonyl (C=O) groups is 1. The zero-order valence-electron chi connectivity index (χ0n) is 10.1. The highest BCUT2D eigenvalue weighted by atomic mass is 35.5. The van der Waals surface area contributed by atoms with Gasteiger partial charge in [0, 0.05) is 19.5 Å². The molecule has 1 heterocycles. The molecule has 1 atom stereocenters. The predicted molar refractivity (Wildman–Crippen MR) is 67.8 cm³/mol. The van der Waals surface area contributed by atoms with Crippen LogP contribution in [0.5, 0.6) is 0 Å². The monoisotopic (exact) mass is 246 g/mol. The van der Waals surface area contributed by atoms with Gasteiger partial charge in [-0.1, -0.05) is 6.42 Å². The van der Waals surface area contributed by atoms with Crippen molar-refractivity contribution in [3.8, 4) is 0 Å². The van der Waals surface area contributed by atoms with E-state index in [9.17, 15) is 4.79 Å². The zero-order valence-corrected chi connectivity index (χ0v) is 10.9. The van der Waals surface area contributed by atoms with E-state index < -0.39 is 0 Å².